The maximum Gasteiger partial charge on any atom is 0.258 e. The highest BCUT2D eigenvalue weighted by Crippen LogP contribution is 2.22. The van der Waals surface area contributed by atoms with Gasteiger partial charge >= 0.3 is 0 Å². The summed E-state index contributed by atoms with van der Waals surface area (Å²) in [5, 5.41) is 9.38. The van der Waals surface area contributed by atoms with E-state index in [0.717, 1.165) is 24.6 Å². The Hall–Kier alpha value is -2.56. The lowest BCUT2D eigenvalue weighted by atomic mass is 10.2. The minimum Gasteiger partial charge on any atom is -0.508 e. The summed E-state index contributed by atoms with van der Waals surface area (Å²) in [6, 6.07) is 10.2. The number of hydrogen-bond acceptors (Lipinski definition) is 4. The quantitative estimate of drug-likeness (QED) is 0.939. The maximum absolute atomic E-state index is 12.8. The molecule has 0 atom stereocenters. The van der Waals surface area contributed by atoms with Crippen molar-refractivity contribution in [1.82, 2.24) is 4.98 Å². The molecule has 0 radical (unpaired) electrons. The molecule has 1 saturated heterocycles. The molecule has 0 aliphatic carbocycles. The number of anilines is 2. The van der Waals surface area contributed by atoms with Crippen LogP contribution < -0.4 is 9.80 Å². The molecule has 2 heterocycles. The van der Waals surface area contributed by atoms with E-state index in [2.05, 4.69) is 9.88 Å². The van der Waals surface area contributed by atoms with Gasteiger partial charge < -0.3 is 14.9 Å². The lowest BCUT2D eigenvalue weighted by molar-refractivity contribution is 0.0993. The van der Waals surface area contributed by atoms with Gasteiger partial charge in [0, 0.05) is 37.6 Å². The summed E-state index contributed by atoms with van der Waals surface area (Å²) in [4.78, 5) is 21.1. The minimum atomic E-state index is -0.0841. The molecule has 1 aliphatic heterocycles. The molecule has 126 valence electrons. The number of phenols is 1. The van der Waals surface area contributed by atoms with Crippen LogP contribution in [0, 0.1) is 0 Å². The predicted octanol–water partition coefficient (Wildman–Crippen LogP) is 3.44. The van der Waals surface area contributed by atoms with Crippen molar-refractivity contribution in [3.8, 4) is 5.75 Å². The zero-order valence-electron chi connectivity index (χ0n) is 14.0. The molecule has 5 nitrogen and oxygen atoms in total. The molecule has 1 fully saturated rings. The molecule has 0 bridgehead atoms. The number of benzene rings is 1. The van der Waals surface area contributed by atoms with E-state index in [0.29, 0.717) is 5.56 Å². The monoisotopic (exact) mass is 325 g/mol. The maximum atomic E-state index is 12.8. The zero-order chi connectivity index (χ0) is 16.9. The summed E-state index contributed by atoms with van der Waals surface area (Å²) in [5.74, 6) is 0.980. The molecule has 0 saturated carbocycles. The lowest BCUT2D eigenvalue weighted by Gasteiger charge is -2.22. The highest BCUT2D eigenvalue weighted by Gasteiger charge is 2.17. The minimum absolute atomic E-state index is 0.0841. The van der Waals surface area contributed by atoms with Crippen molar-refractivity contribution in [2.24, 2.45) is 0 Å². The summed E-state index contributed by atoms with van der Waals surface area (Å²) < 4.78 is 0. The number of carbonyl (C=O) groups is 1. The van der Waals surface area contributed by atoms with Crippen LogP contribution in [0.25, 0.3) is 0 Å². The summed E-state index contributed by atoms with van der Waals surface area (Å²) in [5.41, 5.74) is 1.37. The van der Waals surface area contributed by atoms with Gasteiger partial charge in [-0.2, -0.15) is 0 Å². The molecule has 1 aromatic carbocycles. The molecule has 0 unspecified atom stereocenters. The molecule has 5 heteroatoms. The van der Waals surface area contributed by atoms with E-state index in [1.54, 1.807) is 48.5 Å². The molecule has 1 N–H and O–H groups in total. The van der Waals surface area contributed by atoms with Crippen LogP contribution in [0.2, 0.25) is 0 Å². The standard InChI is InChI=1S/C19H23N3O2/c1-21(16-6-8-17(23)9-7-16)19(24)15-10-11-20-18(14-15)22-12-4-2-3-5-13-22/h6-11,14,23H,2-5,12-13H2,1H3. The molecule has 1 aliphatic rings. The fourth-order valence-electron chi connectivity index (χ4n) is 3.01. The van der Waals surface area contributed by atoms with Crippen molar-refractivity contribution < 1.29 is 9.90 Å². The fourth-order valence-corrected chi connectivity index (χ4v) is 3.01. The predicted molar refractivity (Wildman–Crippen MR) is 95.8 cm³/mol. The Kier molecular flexibility index (Phi) is 4.99. The number of phenolic OH excluding ortho intramolecular Hbond substituents is 1. The van der Waals surface area contributed by atoms with E-state index in [1.807, 2.05) is 6.07 Å². The van der Waals surface area contributed by atoms with Crippen LogP contribution in [0.1, 0.15) is 36.0 Å². The molecule has 3 rings (SSSR count). The summed E-state index contributed by atoms with van der Waals surface area (Å²) >= 11 is 0. The normalized spacial score (nSPS) is 15.0. The molecule has 24 heavy (non-hydrogen) atoms. The van der Waals surface area contributed by atoms with Crippen LogP contribution in [-0.2, 0) is 0 Å². The van der Waals surface area contributed by atoms with Gasteiger partial charge in [-0.05, 0) is 49.2 Å². The molecule has 1 aromatic heterocycles. The van der Waals surface area contributed by atoms with Crippen molar-refractivity contribution in [3.05, 3.63) is 48.2 Å². The molecular weight excluding hydrogens is 302 g/mol. The van der Waals surface area contributed by atoms with Crippen molar-refractivity contribution in [2.45, 2.75) is 25.7 Å². The van der Waals surface area contributed by atoms with Gasteiger partial charge in [0.25, 0.3) is 5.91 Å². The second kappa shape index (κ2) is 7.34. The fraction of sp³-hybridized carbons (Fsp3) is 0.368. The number of rotatable bonds is 3. The number of aromatic hydroxyl groups is 1. The first-order valence-corrected chi connectivity index (χ1v) is 8.43. The van der Waals surface area contributed by atoms with Crippen molar-refractivity contribution in [3.63, 3.8) is 0 Å². The first-order valence-electron chi connectivity index (χ1n) is 8.43. The van der Waals surface area contributed by atoms with E-state index in [-0.39, 0.29) is 11.7 Å². The highest BCUT2D eigenvalue weighted by molar-refractivity contribution is 6.06. The van der Waals surface area contributed by atoms with Crippen LogP contribution in [0.3, 0.4) is 0 Å². The van der Waals surface area contributed by atoms with E-state index in [9.17, 15) is 9.90 Å². The van der Waals surface area contributed by atoms with Crippen LogP contribution in [0.4, 0.5) is 11.5 Å². The topological polar surface area (TPSA) is 56.7 Å². The first kappa shape index (κ1) is 16.3. The third-order valence-electron chi connectivity index (χ3n) is 4.46. The number of nitrogens with zero attached hydrogens (tertiary/aromatic N) is 3. The van der Waals surface area contributed by atoms with Crippen molar-refractivity contribution in [1.29, 1.82) is 0 Å². The van der Waals surface area contributed by atoms with E-state index in [1.165, 1.54) is 25.7 Å². The first-order chi connectivity index (χ1) is 11.6. The van der Waals surface area contributed by atoms with Crippen molar-refractivity contribution >= 4 is 17.4 Å². The van der Waals surface area contributed by atoms with E-state index < -0.39 is 0 Å². The molecule has 0 spiro atoms. The molecular formula is C19H23N3O2. The summed E-state index contributed by atoms with van der Waals surface area (Å²) in [6.07, 6.45) is 6.58. The molecule has 1 amide bonds. The number of aromatic nitrogens is 1. The van der Waals surface area contributed by atoms with Gasteiger partial charge in [0.2, 0.25) is 0 Å². The highest BCUT2D eigenvalue weighted by atomic mass is 16.3. The van der Waals surface area contributed by atoms with Gasteiger partial charge in [0.1, 0.15) is 11.6 Å². The summed E-state index contributed by atoms with van der Waals surface area (Å²) in [7, 11) is 1.74. The largest absolute Gasteiger partial charge is 0.508 e. The number of hydrogen-bond donors (Lipinski definition) is 1. The summed E-state index contributed by atoms with van der Waals surface area (Å²) in [6.45, 7) is 2.00. The van der Waals surface area contributed by atoms with Crippen LogP contribution >= 0.6 is 0 Å². The Labute approximate surface area is 142 Å². The Morgan fingerprint density at radius 3 is 2.42 bits per heavy atom. The number of carbonyl (C=O) groups excluding carboxylic acids is 1. The number of amides is 1. The SMILES string of the molecule is CN(C(=O)c1ccnc(N2CCCCCC2)c1)c1ccc(O)cc1. The average Bonchev–Trinajstić information content (AvgIpc) is 2.91. The third kappa shape index (κ3) is 3.67. The van der Waals surface area contributed by atoms with Crippen LogP contribution in [-0.4, -0.2) is 36.1 Å². The van der Waals surface area contributed by atoms with Crippen molar-refractivity contribution in [2.75, 3.05) is 29.9 Å². The van der Waals surface area contributed by atoms with Gasteiger partial charge in [-0.3, -0.25) is 4.79 Å². The van der Waals surface area contributed by atoms with E-state index in [4.69, 9.17) is 0 Å². The number of pyridine rings is 1. The van der Waals surface area contributed by atoms with Crippen LogP contribution in [0.15, 0.2) is 42.6 Å². The van der Waals surface area contributed by atoms with E-state index >= 15 is 0 Å². The van der Waals surface area contributed by atoms with Gasteiger partial charge in [-0.1, -0.05) is 12.8 Å². The molecule has 2 aromatic rings. The Morgan fingerprint density at radius 1 is 1.08 bits per heavy atom. The second-order valence-corrected chi connectivity index (χ2v) is 6.18. The Balaban J connectivity index is 1.79. The van der Waals surface area contributed by atoms with Crippen LogP contribution in [0.5, 0.6) is 5.75 Å². The lowest BCUT2D eigenvalue weighted by Crippen LogP contribution is -2.28. The smallest absolute Gasteiger partial charge is 0.258 e. The second-order valence-electron chi connectivity index (χ2n) is 6.18. The Morgan fingerprint density at radius 2 is 1.75 bits per heavy atom. The van der Waals surface area contributed by atoms with Gasteiger partial charge in [-0.25, -0.2) is 4.98 Å². The average molecular weight is 325 g/mol. The zero-order valence-corrected chi connectivity index (χ0v) is 14.0. The van der Waals surface area contributed by atoms with Gasteiger partial charge in [0.15, 0.2) is 0 Å². The Bertz CT molecular complexity index is 692. The van der Waals surface area contributed by atoms with Gasteiger partial charge in [0.05, 0.1) is 0 Å². The van der Waals surface area contributed by atoms with Gasteiger partial charge in [-0.15, -0.1) is 0 Å². The third-order valence-corrected chi connectivity index (χ3v) is 4.46.